The van der Waals surface area contributed by atoms with Gasteiger partial charge in [-0.25, -0.2) is 13.1 Å². The molecule has 2 heterocycles. The number of sulfonamides is 1. The number of nitrogens with one attached hydrogen (secondary N) is 1. The standard InChI is InChI=1S/C20H28N2O4S/c1-15-12-18(16(2)26-15)14-22-10-8-17(9-11-22)13-21-27(23,24)20-7-5-4-6-19(20)25-3/h4-7,12,17,21H,8-11,13-14H2,1-3H3. The summed E-state index contributed by atoms with van der Waals surface area (Å²) in [6.45, 7) is 7.24. The predicted molar refractivity (Wildman–Crippen MR) is 104 cm³/mol. The molecule has 1 aromatic carbocycles. The van der Waals surface area contributed by atoms with Crippen molar-refractivity contribution in [2.75, 3.05) is 26.7 Å². The van der Waals surface area contributed by atoms with E-state index < -0.39 is 10.0 Å². The molecule has 0 aliphatic carbocycles. The summed E-state index contributed by atoms with van der Waals surface area (Å²) in [6, 6.07) is 8.79. The van der Waals surface area contributed by atoms with Gasteiger partial charge in [-0.05, 0) is 63.9 Å². The summed E-state index contributed by atoms with van der Waals surface area (Å²) in [5.41, 5.74) is 1.24. The molecule has 1 aliphatic rings. The number of likely N-dealkylation sites (tertiary alicyclic amines) is 1. The number of piperidine rings is 1. The number of aryl methyl sites for hydroxylation is 2. The highest BCUT2D eigenvalue weighted by Gasteiger charge is 2.24. The van der Waals surface area contributed by atoms with Crippen LogP contribution in [0.3, 0.4) is 0 Å². The molecule has 0 bridgehead atoms. The van der Waals surface area contributed by atoms with Crippen molar-refractivity contribution in [1.82, 2.24) is 9.62 Å². The first-order valence-corrected chi connectivity index (χ1v) is 10.8. The van der Waals surface area contributed by atoms with Gasteiger partial charge < -0.3 is 9.15 Å². The summed E-state index contributed by atoms with van der Waals surface area (Å²) < 4.78 is 38.7. The molecule has 1 aromatic heterocycles. The first-order valence-electron chi connectivity index (χ1n) is 9.30. The molecule has 1 saturated heterocycles. The van der Waals surface area contributed by atoms with Crippen molar-refractivity contribution in [3.05, 3.63) is 47.4 Å². The van der Waals surface area contributed by atoms with Gasteiger partial charge in [-0.1, -0.05) is 12.1 Å². The highest BCUT2D eigenvalue weighted by molar-refractivity contribution is 7.89. The monoisotopic (exact) mass is 392 g/mol. The Kier molecular flexibility index (Phi) is 6.24. The molecule has 0 atom stereocenters. The molecule has 7 heteroatoms. The van der Waals surface area contributed by atoms with Gasteiger partial charge in [0, 0.05) is 18.7 Å². The van der Waals surface area contributed by atoms with Crippen molar-refractivity contribution < 1.29 is 17.6 Å². The molecule has 1 N–H and O–H groups in total. The van der Waals surface area contributed by atoms with Crippen LogP contribution in [0.2, 0.25) is 0 Å². The number of methoxy groups -OCH3 is 1. The van der Waals surface area contributed by atoms with Crippen LogP contribution in [0.1, 0.15) is 29.9 Å². The van der Waals surface area contributed by atoms with E-state index in [0.29, 0.717) is 18.2 Å². The second-order valence-corrected chi connectivity index (χ2v) is 8.90. The van der Waals surface area contributed by atoms with Gasteiger partial charge in [0.15, 0.2) is 0 Å². The maximum atomic E-state index is 12.6. The zero-order valence-corrected chi connectivity index (χ0v) is 17.0. The van der Waals surface area contributed by atoms with Crippen molar-refractivity contribution in [3.8, 4) is 5.75 Å². The molecule has 0 unspecified atom stereocenters. The van der Waals surface area contributed by atoms with Gasteiger partial charge in [-0.15, -0.1) is 0 Å². The fourth-order valence-corrected chi connectivity index (χ4v) is 4.86. The van der Waals surface area contributed by atoms with Gasteiger partial charge in [-0.2, -0.15) is 0 Å². The van der Waals surface area contributed by atoms with Crippen molar-refractivity contribution in [3.63, 3.8) is 0 Å². The lowest BCUT2D eigenvalue weighted by Gasteiger charge is -2.31. The van der Waals surface area contributed by atoms with Crippen LogP contribution in [-0.4, -0.2) is 40.1 Å². The van der Waals surface area contributed by atoms with E-state index in [9.17, 15) is 8.42 Å². The lowest BCUT2D eigenvalue weighted by atomic mass is 9.97. The van der Waals surface area contributed by atoms with Gasteiger partial charge in [0.2, 0.25) is 10.0 Å². The van der Waals surface area contributed by atoms with Gasteiger partial charge in [0.25, 0.3) is 0 Å². The van der Waals surface area contributed by atoms with E-state index in [0.717, 1.165) is 44.0 Å². The van der Waals surface area contributed by atoms with E-state index in [1.54, 1.807) is 24.3 Å². The zero-order chi connectivity index (χ0) is 19.4. The zero-order valence-electron chi connectivity index (χ0n) is 16.2. The molecular weight excluding hydrogens is 364 g/mol. The third-order valence-electron chi connectivity index (χ3n) is 5.17. The molecule has 0 saturated carbocycles. The maximum absolute atomic E-state index is 12.6. The highest BCUT2D eigenvalue weighted by atomic mass is 32.2. The van der Waals surface area contributed by atoms with Crippen LogP contribution in [0.5, 0.6) is 5.75 Å². The largest absolute Gasteiger partial charge is 0.495 e. The van der Waals surface area contributed by atoms with Crippen LogP contribution in [0, 0.1) is 19.8 Å². The number of furan rings is 1. The fraction of sp³-hybridized carbons (Fsp3) is 0.500. The Labute approximate surface area is 161 Å². The van der Waals surface area contributed by atoms with Gasteiger partial charge in [0.1, 0.15) is 22.2 Å². The van der Waals surface area contributed by atoms with E-state index in [1.807, 2.05) is 13.8 Å². The van der Waals surface area contributed by atoms with Gasteiger partial charge >= 0.3 is 0 Å². The molecule has 3 rings (SSSR count). The molecule has 1 fully saturated rings. The van der Waals surface area contributed by atoms with E-state index in [-0.39, 0.29) is 4.90 Å². The van der Waals surface area contributed by atoms with Crippen molar-refractivity contribution >= 4 is 10.0 Å². The summed E-state index contributed by atoms with van der Waals surface area (Å²) in [7, 11) is -2.09. The van der Waals surface area contributed by atoms with Crippen molar-refractivity contribution in [2.24, 2.45) is 5.92 Å². The number of hydrogen-bond acceptors (Lipinski definition) is 5. The first kappa shape index (κ1) is 19.9. The smallest absolute Gasteiger partial charge is 0.244 e. The van der Waals surface area contributed by atoms with Crippen molar-refractivity contribution in [2.45, 2.75) is 38.1 Å². The number of benzene rings is 1. The molecule has 0 radical (unpaired) electrons. The van der Waals surface area contributed by atoms with Crippen LogP contribution >= 0.6 is 0 Å². The van der Waals surface area contributed by atoms with Gasteiger partial charge in [0.05, 0.1) is 7.11 Å². The normalized spacial score (nSPS) is 16.6. The maximum Gasteiger partial charge on any atom is 0.244 e. The van der Waals surface area contributed by atoms with E-state index in [1.165, 1.54) is 12.7 Å². The average Bonchev–Trinajstić information content (AvgIpc) is 2.98. The molecule has 1 aliphatic heterocycles. The summed E-state index contributed by atoms with van der Waals surface area (Å²) in [4.78, 5) is 2.60. The van der Waals surface area contributed by atoms with E-state index >= 15 is 0 Å². The minimum atomic E-state index is -3.57. The minimum absolute atomic E-state index is 0.190. The van der Waals surface area contributed by atoms with Crippen molar-refractivity contribution in [1.29, 1.82) is 0 Å². The summed E-state index contributed by atoms with van der Waals surface area (Å²) >= 11 is 0. The van der Waals surface area contributed by atoms with E-state index in [4.69, 9.17) is 9.15 Å². The fourth-order valence-electron chi connectivity index (χ4n) is 3.58. The number of rotatable bonds is 7. The number of hydrogen-bond donors (Lipinski definition) is 1. The van der Waals surface area contributed by atoms with Crippen LogP contribution in [-0.2, 0) is 16.6 Å². The topological polar surface area (TPSA) is 71.8 Å². The SMILES string of the molecule is COc1ccccc1S(=O)(=O)NCC1CCN(Cc2cc(C)oc2C)CC1. The number of nitrogens with zero attached hydrogens (tertiary/aromatic N) is 1. The Hall–Kier alpha value is -1.83. The summed E-state index contributed by atoms with van der Waals surface area (Å²) in [6.07, 6.45) is 1.95. The second kappa shape index (κ2) is 8.46. The summed E-state index contributed by atoms with van der Waals surface area (Å²) in [5, 5.41) is 0. The Bertz CT molecular complexity index is 868. The predicted octanol–water partition coefficient (Wildman–Crippen LogP) is 3.10. The average molecular weight is 393 g/mol. The Morgan fingerprint density at radius 2 is 1.93 bits per heavy atom. The minimum Gasteiger partial charge on any atom is -0.495 e. The van der Waals surface area contributed by atoms with Crippen LogP contribution in [0.15, 0.2) is 39.6 Å². The highest BCUT2D eigenvalue weighted by Crippen LogP contribution is 2.24. The summed E-state index contributed by atoms with van der Waals surface area (Å²) in [5.74, 6) is 2.64. The van der Waals surface area contributed by atoms with E-state index in [2.05, 4.69) is 15.7 Å². The third-order valence-corrected chi connectivity index (χ3v) is 6.63. The third kappa shape index (κ3) is 4.91. The molecule has 0 amide bonds. The Morgan fingerprint density at radius 1 is 1.22 bits per heavy atom. The molecule has 148 valence electrons. The lowest BCUT2D eigenvalue weighted by Crippen LogP contribution is -2.38. The number of ether oxygens (including phenoxy) is 1. The second-order valence-electron chi connectivity index (χ2n) is 7.16. The number of para-hydroxylation sites is 1. The first-order chi connectivity index (χ1) is 12.9. The van der Waals surface area contributed by atoms with Crippen LogP contribution in [0.4, 0.5) is 0 Å². The lowest BCUT2D eigenvalue weighted by molar-refractivity contribution is 0.178. The quantitative estimate of drug-likeness (QED) is 0.784. The Morgan fingerprint density at radius 3 is 2.56 bits per heavy atom. The molecule has 6 nitrogen and oxygen atoms in total. The Balaban J connectivity index is 1.51. The molecule has 27 heavy (non-hydrogen) atoms. The van der Waals surface area contributed by atoms with Crippen LogP contribution < -0.4 is 9.46 Å². The molecule has 0 spiro atoms. The molecule has 2 aromatic rings. The van der Waals surface area contributed by atoms with Gasteiger partial charge in [-0.3, -0.25) is 4.90 Å². The molecular formula is C20H28N2O4S. The van der Waals surface area contributed by atoms with Crippen LogP contribution in [0.25, 0.3) is 0 Å².